The maximum Gasteiger partial charge on any atom is 0.129 e. The van der Waals surface area contributed by atoms with E-state index in [1.165, 1.54) is 53.5 Å². The summed E-state index contributed by atoms with van der Waals surface area (Å²) in [4.78, 5) is 0. The fourth-order valence-electron chi connectivity index (χ4n) is 3.46. The van der Waals surface area contributed by atoms with Crippen molar-refractivity contribution in [2.45, 2.75) is 46.0 Å². The molecule has 0 aromatic heterocycles. The molecule has 0 atom stereocenters. The zero-order valence-electron chi connectivity index (χ0n) is 16.1. The second-order valence-corrected chi connectivity index (χ2v) is 7.90. The van der Waals surface area contributed by atoms with Crippen LogP contribution >= 0.6 is 15.9 Å². The van der Waals surface area contributed by atoms with E-state index in [0.29, 0.717) is 0 Å². The van der Waals surface area contributed by atoms with Gasteiger partial charge in [0.2, 0.25) is 0 Å². The lowest BCUT2D eigenvalue weighted by Crippen LogP contribution is -1.91. The molecule has 0 bridgehead atoms. The average Bonchev–Trinajstić information content (AvgIpc) is 2.70. The van der Waals surface area contributed by atoms with Crippen LogP contribution in [-0.2, 0) is 12.8 Å². The molecule has 0 fully saturated rings. The van der Waals surface area contributed by atoms with E-state index in [1.807, 2.05) is 12.1 Å². The smallest absolute Gasteiger partial charge is 0.129 e. The quantitative estimate of drug-likeness (QED) is 0.385. The first-order valence-electron chi connectivity index (χ1n) is 9.83. The number of unbranched alkanes of at least 4 members (excludes halogenated alkanes) is 2. The van der Waals surface area contributed by atoms with Crippen molar-refractivity contribution in [1.29, 1.82) is 0 Å². The van der Waals surface area contributed by atoms with Gasteiger partial charge in [0.05, 0.1) is 4.47 Å². The average molecular weight is 423 g/mol. The molecule has 0 aliphatic heterocycles. The second-order valence-electron chi connectivity index (χ2n) is 7.05. The highest BCUT2D eigenvalue weighted by atomic mass is 79.9. The van der Waals surface area contributed by atoms with Gasteiger partial charge in [0.1, 0.15) is 5.75 Å². The highest BCUT2D eigenvalue weighted by Crippen LogP contribution is 2.34. The van der Waals surface area contributed by atoms with Crippen molar-refractivity contribution >= 4 is 15.9 Å². The van der Waals surface area contributed by atoms with Crippen LogP contribution in [0.3, 0.4) is 0 Å². The van der Waals surface area contributed by atoms with Crippen molar-refractivity contribution in [2.24, 2.45) is 0 Å². The summed E-state index contributed by atoms with van der Waals surface area (Å²) in [5.41, 5.74) is 7.61. The molecule has 0 unspecified atom stereocenters. The van der Waals surface area contributed by atoms with Crippen molar-refractivity contribution in [1.82, 2.24) is 0 Å². The Morgan fingerprint density at radius 3 is 2.15 bits per heavy atom. The van der Waals surface area contributed by atoms with Crippen LogP contribution in [0, 0.1) is 0 Å². The van der Waals surface area contributed by atoms with Crippen LogP contribution < -0.4 is 0 Å². The predicted octanol–water partition coefficient (Wildman–Crippen LogP) is 7.78. The van der Waals surface area contributed by atoms with E-state index in [9.17, 15) is 5.11 Å². The molecule has 140 valence electrons. The molecule has 3 aromatic rings. The number of aryl methyl sites for hydroxylation is 2. The lowest BCUT2D eigenvalue weighted by atomic mass is 9.93. The van der Waals surface area contributed by atoms with E-state index < -0.39 is 0 Å². The van der Waals surface area contributed by atoms with Crippen molar-refractivity contribution in [3.63, 3.8) is 0 Å². The molecular formula is C25H27BrO. The zero-order chi connectivity index (χ0) is 19.2. The van der Waals surface area contributed by atoms with Gasteiger partial charge in [-0.1, -0.05) is 75.2 Å². The maximum absolute atomic E-state index is 9.75. The van der Waals surface area contributed by atoms with Gasteiger partial charge >= 0.3 is 0 Å². The number of hydrogen-bond acceptors (Lipinski definition) is 1. The Hall–Kier alpha value is -2.06. The van der Waals surface area contributed by atoms with Crippen LogP contribution in [0.2, 0.25) is 0 Å². The summed E-state index contributed by atoms with van der Waals surface area (Å²) < 4.78 is 0.727. The lowest BCUT2D eigenvalue weighted by molar-refractivity contribution is 0.472. The first-order chi connectivity index (χ1) is 13.1. The van der Waals surface area contributed by atoms with E-state index in [4.69, 9.17) is 0 Å². The molecule has 0 aliphatic carbocycles. The molecule has 1 N–H and O–H groups in total. The number of aromatic hydroxyl groups is 1. The Morgan fingerprint density at radius 2 is 1.48 bits per heavy atom. The summed E-state index contributed by atoms with van der Waals surface area (Å²) in [5, 5.41) is 9.75. The number of phenols is 1. The van der Waals surface area contributed by atoms with Crippen LogP contribution in [0.5, 0.6) is 5.75 Å². The molecule has 0 heterocycles. The Morgan fingerprint density at radius 1 is 0.778 bits per heavy atom. The number of benzene rings is 3. The number of halogens is 1. The monoisotopic (exact) mass is 422 g/mol. The molecule has 0 radical (unpaired) electrons. The van der Waals surface area contributed by atoms with Crippen molar-refractivity contribution in [3.05, 3.63) is 76.3 Å². The van der Waals surface area contributed by atoms with E-state index in [2.05, 4.69) is 72.2 Å². The molecule has 3 aromatic carbocycles. The Labute approximate surface area is 171 Å². The van der Waals surface area contributed by atoms with Gasteiger partial charge in [-0.25, -0.2) is 0 Å². The summed E-state index contributed by atoms with van der Waals surface area (Å²) in [5.74, 6) is 0.271. The largest absolute Gasteiger partial charge is 0.507 e. The summed E-state index contributed by atoms with van der Waals surface area (Å²) in [6, 6.07) is 21.4. The van der Waals surface area contributed by atoms with E-state index in [0.717, 1.165) is 16.5 Å². The lowest BCUT2D eigenvalue weighted by Gasteiger charge is -2.12. The summed E-state index contributed by atoms with van der Waals surface area (Å²) in [6.45, 7) is 4.43. The SMILES string of the molecule is CCCCCc1ccc(-c2ccc(-c3ccc(O)c(Br)c3)c(CC)c2)cc1. The van der Waals surface area contributed by atoms with Crippen molar-refractivity contribution < 1.29 is 5.11 Å². The highest BCUT2D eigenvalue weighted by Gasteiger charge is 2.09. The molecule has 27 heavy (non-hydrogen) atoms. The molecule has 0 saturated heterocycles. The van der Waals surface area contributed by atoms with Crippen LogP contribution in [-0.4, -0.2) is 5.11 Å². The third-order valence-electron chi connectivity index (χ3n) is 5.10. The normalized spacial score (nSPS) is 10.9. The first-order valence-corrected chi connectivity index (χ1v) is 10.6. The Balaban J connectivity index is 1.86. The highest BCUT2D eigenvalue weighted by molar-refractivity contribution is 9.10. The number of rotatable bonds is 7. The van der Waals surface area contributed by atoms with Gasteiger partial charge in [-0.05, 0) is 80.7 Å². The minimum atomic E-state index is 0.271. The summed E-state index contributed by atoms with van der Waals surface area (Å²) in [7, 11) is 0. The fraction of sp³-hybridized carbons (Fsp3) is 0.280. The minimum absolute atomic E-state index is 0.271. The van der Waals surface area contributed by atoms with Crippen molar-refractivity contribution in [2.75, 3.05) is 0 Å². The standard InChI is InChI=1S/C25H27BrO/c1-3-5-6-7-18-8-10-20(11-9-18)21-12-14-23(19(4-2)16-21)22-13-15-25(27)24(26)17-22/h8-17,27H,3-7H2,1-2H3. The fourth-order valence-corrected chi connectivity index (χ4v) is 3.84. The minimum Gasteiger partial charge on any atom is -0.507 e. The molecule has 2 heteroatoms. The maximum atomic E-state index is 9.75. The Bertz CT molecular complexity index is 897. The second kappa shape index (κ2) is 9.23. The van der Waals surface area contributed by atoms with Crippen LogP contribution in [0.25, 0.3) is 22.3 Å². The summed E-state index contributed by atoms with van der Waals surface area (Å²) in [6.07, 6.45) is 5.98. The van der Waals surface area contributed by atoms with Crippen molar-refractivity contribution in [3.8, 4) is 28.0 Å². The van der Waals surface area contributed by atoms with Gasteiger partial charge in [-0.2, -0.15) is 0 Å². The van der Waals surface area contributed by atoms with Gasteiger partial charge in [-0.3, -0.25) is 0 Å². The van der Waals surface area contributed by atoms with Crippen LogP contribution in [0.4, 0.5) is 0 Å². The topological polar surface area (TPSA) is 20.2 Å². The van der Waals surface area contributed by atoms with Crippen LogP contribution in [0.1, 0.15) is 44.2 Å². The first kappa shape index (κ1) is 19.7. The van der Waals surface area contributed by atoms with E-state index >= 15 is 0 Å². The summed E-state index contributed by atoms with van der Waals surface area (Å²) >= 11 is 3.42. The molecule has 1 nitrogen and oxygen atoms in total. The van der Waals surface area contributed by atoms with Crippen LogP contribution in [0.15, 0.2) is 65.1 Å². The molecule has 0 amide bonds. The van der Waals surface area contributed by atoms with E-state index in [1.54, 1.807) is 6.07 Å². The molecule has 0 saturated carbocycles. The van der Waals surface area contributed by atoms with Gasteiger partial charge in [-0.15, -0.1) is 0 Å². The number of phenolic OH excluding ortho intramolecular Hbond substituents is 1. The zero-order valence-corrected chi connectivity index (χ0v) is 17.7. The third kappa shape index (κ3) is 4.81. The third-order valence-corrected chi connectivity index (χ3v) is 5.74. The van der Waals surface area contributed by atoms with E-state index in [-0.39, 0.29) is 5.75 Å². The molecule has 3 rings (SSSR count). The van der Waals surface area contributed by atoms with Gasteiger partial charge in [0.25, 0.3) is 0 Å². The van der Waals surface area contributed by atoms with Gasteiger partial charge in [0.15, 0.2) is 0 Å². The predicted molar refractivity (Wildman–Crippen MR) is 119 cm³/mol. The molecule has 0 aliphatic rings. The molecule has 0 spiro atoms. The Kier molecular flexibility index (Phi) is 6.73. The number of hydrogen-bond donors (Lipinski definition) is 1. The van der Waals surface area contributed by atoms with Gasteiger partial charge in [0, 0.05) is 0 Å². The van der Waals surface area contributed by atoms with Gasteiger partial charge < -0.3 is 5.11 Å². The molecular weight excluding hydrogens is 396 g/mol.